The normalized spacial score (nSPS) is 12.7. The Balaban J connectivity index is 2.16. The summed E-state index contributed by atoms with van der Waals surface area (Å²) in [6, 6.07) is 5.29. The third kappa shape index (κ3) is 3.15. The second kappa shape index (κ2) is 5.59. The second-order valence-electron chi connectivity index (χ2n) is 4.61. The summed E-state index contributed by atoms with van der Waals surface area (Å²) in [5.41, 5.74) is 8.27. The van der Waals surface area contributed by atoms with Crippen LogP contribution in [0.3, 0.4) is 0 Å². The van der Waals surface area contributed by atoms with Gasteiger partial charge in [0, 0.05) is 23.4 Å². The van der Waals surface area contributed by atoms with Gasteiger partial charge in [0.1, 0.15) is 5.82 Å². The van der Waals surface area contributed by atoms with Crippen LogP contribution in [0.5, 0.6) is 0 Å². The minimum atomic E-state index is -0.175. The van der Waals surface area contributed by atoms with Gasteiger partial charge in [-0.3, -0.25) is 0 Å². The molecule has 2 rings (SSSR count). The van der Waals surface area contributed by atoms with E-state index in [1.165, 1.54) is 6.07 Å². The van der Waals surface area contributed by atoms with E-state index in [-0.39, 0.29) is 11.9 Å². The van der Waals surface area contributed by atoms with E-state index in [0.29, 0.717) is 5.56 Å². The largest absolute Gasteiger partial charge is 0.328 e. The molecule has 0 aliphatic rings. The minimum Gasteiger partial charge on any atom is -0.328 e. The predicted octanol–water partition coefficient (Wildman–Crippen LogP) is 3.54. The van der Waals surface area contributed by atoms with Crippen LogP contribution < -0.4 is 5.73 Å². The van der Waals surface area contributed by atoms with E-state index in [1.54, 1.807) is 24.3 Å². The van der Waals surface area contributed by atoms with E-state index in [4.69, 9.17) is 5.73 Å². The van der Waals surface area contributed by atoms with Crippen LogP contribution in [0.2, 0.25) is 0 Å². The number of halogens is 1. The van der Waals surface area contributed by atoms with Crippen LogP contribution in [-0.2, 0) is 6.42 Å². The average Bonchev–Trinajstić information content (AvgIpc) is 2.79. The highest BCUT2D eigenvalue weighted by atomic mass is 32.1. The molecule has 1 aromatic heterocycles. The Hall–Kier alpha value is -1.26. The topological polar surface area (TPSA) is 38.9 Å². The number of hydrogen-bond donors (Lipinski definition) is 1. The van der Waals surface area contributed by atoms with Crippen molar-refractivity contribution in [1.29, 1.82) is 0 Å². The molecule has 0 radical (unpaired) electrons. The van der Waals surface area contributed by atoms with Crippen molar-refractivity contribution in [2.45, 2.75) is 32.7 Å². The molecule has 1 unspecified atom stereocenters. The Labute approximate surface area is 111 Å². The molecular weight excluding hydrogens is 247 g/mol. The smallest absolute Gasteiger partial charge is 0.126 e. The van der Waals surface area contributed by atoms with Gasteiger partial charge in [-0.05, 0) is 44.0 Å². The maximum atomic E-state index is 13.2. The molecule has 0 saturated heterocycles. The first kappa shape index (κ1) is 13.2. The molecule has 0 bridgehead atoms. The van der Waals surface area contributed by atoms with Crippen molar-refractivity contribution < 1.29 is 4.39 Å². The number of benzene rings is 1. The highest BCUT2D eigenvalue weighted by Gasteiger charge is 2.07. The van der Waals surface area contributed by atoms with Gasteiger partial charge in [-0.15, -0.1) is 11.3 Å². The van der Waals surface area contributed by atoms with E-state index in [0.717, 1.165) is 29.1 Å². The molecule has 2 aromatic rings. The molecular formula is C14H17FN2S. The molecule has 0 aliphatic carbocycles. The SMILES string of the molecule is Cc1cc(-c2csc(CCC(C)N)n2)ccc1F. The number of hydrogen-bond acceptors (Lipinski definition) is 3. The van der Waals surface area contributed by atoms with Crippen LogP contribution in [0.15, 0.2) is 23.6 Å². The number of rotatable bonds is 4. The van der Waals surface area contributed by atoms with Crippen LogP contribution in [0.4, 0.5) is 4.39 Å². The molecule has 96 valence electrons. The summed E-state index contributed by atoms with van der Waals surface area (Å²) in [4.78, 5) is 4.56. The van der Waals surface area contributed by atoms with Crippen LogP contribution in [0, 0.1) is 12.7 Å². The van der Waals surface area contributed by atoms with Crippen molar-refractivity contribution in [3.8, 4) is 11.3 Å². The van der Waals surface area contributed by atoms with Gasteiger partial charge in [-0.1, -0.05) is 0 Å². The maximum Gasteiger partial charge on any atom is 0.126 e. The standard InChI is InChI=1S/C14H17FN2S/c1-9-7-11(4-5-12(9)15)13-8-18-14(17-13)6-3-10(2)16/h4-5,7-8,10H,3,6,16H2,1-2H3. The van der Waals surface area contributed by atoms with Crippen LogP contribution in [0.1, 0.15) is 23.9 Å². The van der Waals surface area contributed by atoms with Gasteiger partial charge < -0.3 is 5.73 Å². The molecule has 4 heteroatoms. The number of nitrogens with two attached hydrogens (primary N) is 1. The summed E-state index contributed by atoms with van der Waals surface area (Å²) in [6.45, 7) is 3.76. The number of nitrogens with zero attached hydrogens (tertiary/aromatic N) is 1. The van der Waals surface area contributed by atoms with Crippen molar-refractivity contribution in [1.82, 2.24) is 4.98 Å². The Morgan fingerprint density at radius 1 is 1.44 bits per heavy atom. The highest BCUT2D eigenvalue weighted by molar-refractivity contribution is 7.09. The van der Waals surface area contributed by atoms with Crippen molar-refractivity contribution in [2.75, 3.05) is 0 Å². The van der Waals surface area contributed by atoms with Crippen molar-refractivity contribution in [3.05, 3.63) is 40.0 Å². The number of thiazole rings is 1. The number of aromatic nitrogens is 1. The first-order chi connectivity index (χ1) is 8.56. The number of aryl methyl sites for hydroxylation is 2. The molecule has 1 heterocycles. The van der Waals surface area contributed by atoms with Crippen LogP contribution in [0.25, 0.3) is 11.3 Å². The van der Waals surface area contributed by atoms with E-state index in [9.17, 15) is 4.39 Å². The Kier molecular flexibility index (Phi) is 4.09. The maximum absolute atomic E-state index is 13.2. The highest BCUT2D eigenvalue weighted by Crippen LogP contribution is 2.24. The van der Waals surface area contributed by atoms with Crippen LogP contribution >= 0.6 is 11.3 Å². The summed E-state index contributed by atoms with van der Waals surface area (Å²) in [5.74, 6) is -0.175. The summed E-state index contributed by atoms with van der Waals surface area (Å²) in [7, 11) is 0. The Bertz CT molecular complexity index is 534. The molecule has 0 amide bonds. The van der Waals surface area contributed by atoms with Crippen molar-refractivity contribution >= 4 is 11.3 Å². The van der Waals surface area contributed by atoms with Crippen molar-refractivity contribution in [3.63, 3.8) is 0 Å². The summed E-state index contributed by atoms with van der Waals surface area (Å²) < 4.78 is 13.2. The lowest BCUT2D eigenvalue weighted by Crippen LogP contribution is -2.15. The minimum absolute atomic E-state index is 0.175. The second-order valence-corrected chi connectivity index (χ2v) is 5.55. The lowest BCUT2D eigenvalue weighted by molar-refractivity contribution is 0.618. The van der Waals surface area contributed by atoms with Gasteiger partial charge in [-0.25, -0.2) is 9.37 Å². The zero-order valence-electron chi connectivity index (χ0n) is 10.6. The fourth-order valence-corrected chi connectivity index (χ4v) is 2.54. The fraction of sp³-hybridized carbons (Fsp3) is 0.357. The Morgan fingerprint density at radius 2 is 2.22 bits per heavy atom. The van der Waals surface area contributed by atoms with Gasteiger partial charge in [0.25, 0.3) is 0 Å². The predicted molar refractivity (Wildman–Crippen MR) is 74.2 cm³/mol. The molecule has 0 fully saturated rings. The molecule has 1 atom stereocenters. The monoisotopic (exact) mass is 264 g/mol. The molecule has 0 saturated carbocycles. The average molecular weight is 264 g/mol. The van der Waals surface area contributed by atoms with E-state index >= 15 is 0 Å². The summed E-state index contributed by atoms with van der Waals surface area (Å²) in [5, 5.41) is 3.10. The van der Waals surface area contributed by atoms with Crippen LogP contribution in [-0.4, -0.2) is 11.0 Å². The lowest BCUT2D eigenvalue weighted by Gasteiger charge is -2.02. The lowest BCUT2D eigenvalue weighted by atomic mass is 10.1. The molecule has 18 heavy (non-hydrogen) atoms. The van der Waals surface area contributed by atoms with E-state index < -0.39 is 0 Å². The zero-order chi connectivity index (χ0) is 13.1. The fourth-order valence-electron chi connectivity index (χ4n) is 1.71. The Morgan fingerprint density at radius 3 is 2.89 bits per heavy atom. The van der Waals surface area contributed by atoms with Gasteiger partial charge in [0.05, 0.1) is 10.7 Å². The van der Waals surface area contributed by atoms with Gasteiger partial charge >= 0.3 is 0 Å². The molecule has 1 aromatic carbocycles. The molecule has 0 spiro atoms. The zero-order valence-corrected chi connectivity index (χ0v) is 11.4. The van der Waals surface area contributed by atoms with Crippen molar-refractivity contribution in [2.24, 2.45) is 5.73 Å². The first-order valence-corrected chi connectivity index (χ1v) is 6.90. The summed E-state index contributed by atoms with van der Waals surface area (Å²) in [6.07, 6.45) is 1.85. The first-order valence-electron chi connectivity index (χ1n) is 6.03. The summed E-state index contributed by atoms with van der Waals surface area (Å²) >= 11 is 1.64. The molecule has 0 aliphatic heterocycles. The molecule has 2 N–H and O–H groups in total. The third-order valence-corrected chi connectivity index (χ3v) is 3.73. The third-order valence-electron chi connectivity index (χ3n) is 2.82. The van der Waals surface area contributed by atoms with E-state index in [2.05, 4.69) is 4.98 Å². The van der Waals surface area contributed by atoms with E-state index in [1.807, 2.05) is 18.4 Å². The molecule has 2 nitrogen and oxygen atoms in total. The van der Waals surface area contributed by atoms with Gasteiger partial charge in [-0.2, -0.15) is 0 Å². The van der Waals surface area contributed by atoms with Gasteiger partial charge in [0.2, 0.25) is 0 Å². The van der Waals surface area contributed by atoms with Gasteiger partial charge in [0.15, 0.2) is 0 Å². The quantitative estimate of drug-likeness (QED) is 0.917.